The number of hydrogen-bond donors (Lipinski definition) is 5. The van der Waals surface area contributed by atoms with Crippen LogP contribution in [0.25, 0.3) is 0 Å². The molecule has 0 aromatic carbocycles. The van der Waals surface area contributed by atoms with Gasteiger partial charge in [-0.1, -0.05) is 13.8 Å². The number of carbonyl (C=O) groups is 3. The van der Waals surface area contributed by atoms with Crippen molar-refractivity contribution < 1.29 is 24.2 Å². The van der Waals surface area contributed by atoms with Crippen LogP contribution in [0.5, 0.6) is 0 Å². The van der Waals surface area contributed by atoms with Crippen LogP contribution in [0.2, 0.25) is 0 Å². The van der Waals surface area contributed by atoms with E-state index in [0.29, 0.717) is 11.4 Å². The number of aromatic nitrogens is 1. The van der Waals surface area contributed by atoms with E-state index in [1.165, 1.54) is 16.7 Å². The van der Waals surface area contributed by atoms with E-state index >= 15 is 0 Å². The van der Waals surface area contributed by atoms with Crippen molar-refractivity contribution in [3.05, 3.63) is 16.1 Å². The predicted molar refractivity (Wildman–Crippen MR) is 118 cm³/mol. The Morgan fingerprint density at radius 3 is 2.42 bits per heavy atom. The molecule has 0 spiro atoms. The highest BCUT2D eigenvalue weighted by Crippen LogP contribution is 2.25. The first-order valence-corrected chi connectivity index (χ1v) is 10.7. The Balaban J connectivity index is 2.82. The number of carboxylic acids is 1. The number of ether oxygens (including phenoxy) is 1. The fourth-order valence-corrected chi connectivity index (χ4v) is 3.50. The van der Waals surface area contributed by atoms with Gasteiger partial charge in [-0.05, 0) is 39.5 Å². The molecule has 0 aliphatic carbocycles. The lowest BCUT2D eigenvalue weighted by molar-refractivity contribution is -0.139. The topological polar surface area (TPSA) is 182 Å². The second-order valence-corrected chi connectivity index (χ2v) is 9.14. The van der Waals surface area contributed by atoms with E-state index in [2.05, 4.69) is 20.6 Å². The van der Waals surface area contributed by atoms with Gasteiger partial charge in [0, 0.05) is 11.9 Å². The number of aliphatic carboxylic acids is 1. The van der Waals surface area contributed by atoms with E-state index in [1.807, 2.05) is 13.8 Å². The van der Waals surface area contributed by atoms with Crippen molar-refractivity contribution in [2.24, 2.45) is 22.4 Å². The number of rotatable bonds is 10. The Morgan fingerprint density at radius 2 is 1.90 bits per heavy atom. The fraction of sp³-hybridized carbons (Fsp3) is 0.632. The summed E-state index contributed by atoms with van der Waals surface area (Å²) < 4.78 is 5.29. The van der Waals surface area contributed by atoms with E-state index in [-0.39, 0.29) is 30.5 Å². The van der Waals surface area contributed by atoms with Gasteiger partial charge in [0.05, 0.1) is 6.04 Å². The molecule has 0 fully saturated rings. The summed E-state index contributed by atoms with van der Waals surface area (Å²) in [7, 11) is 0. The van der Waals surface area contributed by atoms with Crippen LogP contribution in [0.1, 0.15) is 69.0 Å². The standard InChI is InChI=1S/C19H32N6O5S/c1-10(2)13(25-18(29)30-19(3,4)5)15-24-12(9-31-15)14(26)23-11(16(27)28)7-6-8-22-17(20)21/h9-11,13H,6-8H2,1-5H3,(H,23,26)(H,25,29)(H,27,28)(H4,20,21,22)/t11-,13-/m0/s1. The molecule has 7 N–H and O–H groups in total. The van der Waals surface area contributed by atoms with Crippen molar-refractivity contribution in [2.75, 3.05) is 6.54 Å². The molecule has 1 rings (SSSR count). The van der Waals surface area contributed by atoms with E-state index < -0.39 is 35.7 Å². The van der Waals surface area contributed by atoms with Gasteiger partial charge in [0.2, 0.25) is 0 Å². The summed E-state index contributed by atoms with van der Waals surface area (Å²) in [5.74, 6) is -1.88. The summed E-state index contributed by atoms with van der Waals surface area (Å²) in [5.41, 5.74) is 9.90. The normalized spacial score (nSPS) is 13.2. The minimum atomic E-state index is -1.17. The largest absolute Gasteiger partial charge is 0.480 e. The fourth-order valence-electron chi connectivity index (χ4n) is 2.48. The molecule has 0 aliphatic rings. The lowest BCUT2D eigenvalue weighted by atomic mass is 10.1. The molecule has 12 heteroatoms. The van der Waals surface area contributed by atoms with E-state index in [1.54, 1.807) is 20.8 Å². The smallest absolute Gasteiger partial charge is 0.408 e. The van der Waals surface area contributed by atoms with E-state index in [9.17, 15) is 19.5 Å². The van der Waals surface area contributed by atoms with Gasteiger partial charge in [-0.2, -0.15) is 0 Å². The molecular formula is C19H32N6O5S. The van der Waals surface area contributed by atoms with Gasteiger partial charge in [-0.25, -0.2) is 14.6 Å². The number of guanidine groups is 1. The van der Waals surface area contributed by atoms with Crippen molar-refractivity contribution in [2.45, 2.75) is 65.1 Å². The summed E-state index contributed by atoms with van der Waals surface area (Å²) in [5, 5.41) is 16.6. The van der Waals surface area contributed by atoms with Crippen LogP contribution in [0.4, 0.5) is 4.79 Å². The number of carboxylic acid groups (broad SMARTS) is 1. The third-order valence-corrected chi connectivity index (χ3v) is 4.84. The number of nitrogens with two attached hydrogens (primary N) is 2. The second-order valence-electron chi connectivity index (χ2n) is 8.25. The molecule has 0 aliphatic heterocycles. The number of amides is 2. The van der Waals surface area contributed by atoms with Crippen molar-refractivity contribution in [1.82, 2.24) is 15.6 Å². The molecule has 31 heavy (non-hydrogen) atoms. The summed E-state index contributed by atoms with van der Waals surface area (Å²) in [6.45, 7) is 9.35. The van der Waals surface area contributed by atoms with E-state index in [4.69, 9.17) is 16.2 Å². The van der Waals surface area contributed by atoms with Crippen LogP contribution in [0, 0.1) is 5.92 Å². The Hall–Kier alpha value is -2.89. The molecular weight excluding hydrogens is 424 g/mol. The van der Waals surface area contributed by atoms with Gasteiger partial charge in [-0.3, -0.25) is 9.79 Å². The number of nitrogens with one attached hydrogen (secondary N) is 2. The van der Waals surface area contributed by atoms with Crippen LogP contribution in [0.15, 0.2) is 10.4 Å². The maximum absolute atomic E-state index is 12.5. The third kappa shape index (κ3) is 9.64. The first kappa shape index (κ1) is 26.1. The van der Waals surface area contributed by atoms with Crippen LogP contribution in [0.3, 0.4) is 0 Å². The zero-order chi connectivity index (χ0) is 23.8. The second kappa shape index (κ2) is 11.5. The predicted octanol–water partition coefficient (Wildman–Crippen LogP) is 1.60. The quantitative estimate of drug-likeness (QED) is 0.200. The van der Waals surface area contributed by atoms with Crippen LogP contribution >= 0.6 is 11.3 Å². The summed E-state index contributed by atoms with van der Waals surface area (Å²) in [6, 6.07) is -1.57. The van der Waals surface area contributed by atoms with Crippen molar-refractivity contribution in [1.29, 1.82) is 0 Å². The van der Waals surface area contributed by atoms with Crippen LogP contribution < -0.4 is 22.1 Å². The monoisotopic (exact) mass is 456 g/mol. The highest BCUT2D eigenvalue weighted by Gasteiger charge is 2.27. The Kier molecular flexibility index (Phi) is 9.69. The first-order chi connectivity index (χ1) is 14.3. The zero-order valence-corrected chi connectivity index (χ0v) is 19.3. The number of aliphatic imine (C=N–C) groups is 1. The lowest BCUT2D eigenvalue weighted by Gasteiger charge is -2.24. The van der Waals surface area contributed by atoms with Gasteiger partial charge in [-0.15, -0.1) is 11.3 Å². The molecule has 0 saturated heterocycles. The van der Waals surface area contributed by atoms with Crippen molar-refractivity contribution in [3.8, 4) is 0 Å². The average molecular weight is 457 g/mol. The molecule has 1 aromatic heterocycles. The molecule has 1 heterocycles. The SMILES string of the molecule is CC(C)[C@H](NC(=O)OC(C)(C)C)c1nc(C(=O)N[C@@H](CCCN=C(N)N)C(=O)O)cs1. The van der Waals surface area contributed by atoms with Crippen LogP contribution in [-0.4, -0.2) is 52.2 Å². The molecule has 174 valence electrons. The number of alkyl carbamates (subject to hydrolysis) is 1. The molecule has 0 radical (unpaired) electrons. The summed E-state index contributed by atoms with van der Waals surface area (Å²) in [4.78, 5) is 44.2. The number of hydrogen-bond acceptors (Lipinski definition) is 7. The Bertz CT molecular complexity index is 798. The minimum Gasteiger partial charge on any atom is -0.480 e. The number of thiazole rings is 1. The van der Waals surface area contributed by atoms with E-state index in [0.717, 1.165) is 0 Å². The Morgan fingerprint density at radius 1 is 1.26 bits per heavy atom. The molecule has 11 nitrogen and oxygen atoms in total. The third-order valence-electron chi connectivity index (χ3n) is 3.91. The molecule has 2 amide bonds. The van der Waals surface area contributed by atoms with Crippen LogP contribution in [-0.2, 0) is 9.53 Å². The first-order valence-electron chi connectivity index (χ1n) is 9.84. The number of nitrogens with zero attached hydrogens (tertiary/aromatic N) is 2. The molecule has 0 unspecified atom stereocenters. The molecule has 2 atom stereocenters. The minimum absolute atomic E-state index is 0.0168. The van der Waals surface area contributed by atoms with Gasteiger partial charge in [0.25, 0.3) is 5.91 Å². The van der Waals surface area contributed by atoms with Crippen molar-refractivity contribution in [3.63, 3.8) is 0 Å². The maximum Gasteiger partial charge on any atom is 0.408 e. The molecule has 0 bridgehead atoms. The van der Waals surface area contributed by atoms with Gasteiger partial charge >= 0.3 is 12.1 Å². The lowest BCUT2D eigenvalue weighted by Crippen LogP contribution is -2.41. The van der Waals surface area contributed by atoms with Gasteiger partial charge < -0.3 is 31.9 Å². The van der Waals surface area contributed by atoms with Gasteiger partial charge in [0.15, 0.2) is 5.96 Å². The molecule has 1 aromatic rings. The highest BCUT2D eigenvalue weighted by molar-refractivity contribution is 7.09. The Labute approximate surface area is 185 Å². The molecule has 0 saturated carbocycles. The summed E-state index contributed by atoms with van der Waals surface area (Å²) in [6.07, 6.45) is -0.0461. The van der Waals surface area contributed by atoms with Gasteiger partial charge in [0.1, 0.15) is 22.3 Å². The highest BCUT2D eigenvalue weighted by atomic mass is 32.1. The maximum atomic E-state index is 12.5. The summed E-state index contributed by atoms with van der Waals surface area (Å²) >= 11 is 1.20. The number of carbonyl (C=O) groups excluding carboxylic acids is 2. The van der Waals surface area contributed by atoms with Crippen molar-refractivity contribution >= 4 is 35.3 Å². The average Bonchev–Trinajstić information content (AvgIpc) is 3.09. The zero-order valence-electron chi connectivity index (χ0n) is 18.5.